The summed E-state index contributed by atoms with van der Waals surface area (Å²) in [6.07, 6.45) is 10.2. The van der Waals surface area contributed by atoms with Crippen LogP contribution in [0.1, 0.15) is 49.7 Å². The third-order valence-electron chi connectivity index (χ3n) is 5.08. The van der Waals surface area contributed by atoms with Crippen LogP contribution in [-0.2, 0) is 12.8 Å². The summed E-state index contributed by atoms with van der Waals surface area (Å²) in [6.45, 7) is 0.749. The topological polar surface area (TPSA) is 38.0 Å². The summed E-state index contributed by atoms with van der Waals surface area (Å²) in [6, 6.07) is 7.39. The Morgan fingerprint density at radius 2 is 2.00 bits per heavy atom. The van der Waals surface area contributed by atoms with Gasteiger partial charge in [0.25, 0.3) is 0 Å². The Morgan fingerprint density at radius 3 is 2.75 bits per heavy atom. The molecular weight excluding hydrogens is 312 g/mol. The van der Waals surface area contributed by atoms with Crippen LogP contribution in [0.25, 0.3) is 0 Å². The van der Waals surface area contributed by atoms with Crippen molar-refractivity contribution in [1.29, 1.82) is 0 Å². The van der Waals surface area contributed by atoms with Gasteiger partial charge in [0, 0.05) is 22.6 Å². The van der Waals surface area contributed by atoms with E-state index < -0.39 is 0 Å². The van der Waals surface area contributed by atoms with Gasteiger partial charge in [-0.05, 0) is 55.4 Å². The molecule has 1 fully saturated rings. The van der Waals surface area contributed by atoms with E-state index >= 15 is 0 Å². The lowest BCUT2D eigenvalue weighted by atomic mass is 9.77. The van der Waals surface area contributed by atoms with Crippen LogP contribution in [-0.4, -0.2) is 18.1 Å². The highest BCUT2D eigenvalue weighted by Crippen LogP contribution is 2.32. The van der Waals surface area contributed by atoms with Crippen LogP contribution in [0.4, 0.5) is 0 Å². The molecule has 2 aliphatic carbocycles. The molecule has 0 amide bonds. The number of halogens is 1. The number of aryl methyl sites for hydroxylation is 1. The van der Waals surface area contributed by atoms with Gasteiger partial charge in [0.1, 0.15) is 0 Å². The molecular formula is C17H25BrN2. The van der Waals surface area contributed by atoms with Crippen molar-refractivity contribution in [3.05, 3.63) is 33.8 Å². The molecule has 0 aliphatic heterocycles. The van der Waals surface area contributed by atoms with Crippen LogP contribution in [0.2, 0.25) is 0 Å². The minimum atomic E-state index is 0.128. The first-order chi connectivity index (χ1) is 9.71. The fourth-order valence-corrected chi connectivity index (χ4v) is 4.27. The Hall–Kier alpha value is -0.380. The Labute approximate surface area is 130 Å². The average molecular weight is 337 g/mol. The van der Waals surface area contributed by atoms with E-state index in [9.17, 15) is 0 Å². The maximum Gasteiger partial charge on any atom is 0.0350 e. The van der Waals surface area contributed by atoms with E-state index in [0.717, 1.165) is 19.4 Å². The van der Waals surface area contributed by atoms with Crippen LogP contribution >= 0.6 is 15.9 Å². The third kappa shape index (κ3) is 3.10. The van der Waals surface area contributed by atoms with Crippen LogP contribution in [0.15, 0.2) is 22.7 Å². The molecule has 1 aromatic rings. The van der Waals surface area contributed by atoms with Gasteiger partial charge < -0.3 is 11.1 Å². The van der Waals surface area contributed by atoms with Gasteiger partial charge in [-0.3, -0.25) is 0 Å². The van der Waals surface area contributed by atoms with Crippen molar-refractivity contribution in [3.8, 4) is 0 Å². The molecule has 1 unspecified atom stereocenters. The zero-order chi connectivity index (χ0) is 14.0. The highest BCUT2D eigenvalue weighted by Gasteiger charge is 2.35. The number of nitrogens with two attached hydrogens (primary N) is 1. The molecule has 0 radical (unpaired) electrons. The average Bonchev–Trinajstić information content (AvgIpc) is 2.48. The van der Waals surface area contributed by atoms with Gasteiger partial charge in [0.05, 0.1) is 0 Å². The molecule has 20 heavy (non-hydrogen) atoms. The summed E-state index contributed by atoms with van der Waals surface area (Å²) in [5.74, 6) is 0. The Bertz CT molecular complexity index is 468. The molecule has 110 valence electrons. The minimum absolute atomic E-state index is 0.128. The summed E-state index contributed by atoms with van der Waals surface area (Å²) in [7, 11) is 0. The van der Waals surface area contributed by atoms with Crippen molar-refractivity contribution >= 4 is 15.9 Å². The lowest BCUT2D eigenvalue weighted by molar-refractivity contribution is 0.228. The third-order valence-corrected chi connectivity index (χ3v) is 5.57. The first kappa shape index (κ1) is 14.6. The van der Waals surface area contributed by atoms with Crippen LogP contribution in [0.3, 0.4) is 0 Å². The maximum absolute atomic E-state index is 6.17. The standard InChI is InChI=1S/C17H25BrN2/c18-15-7-6-14-11-17(12-19,9-8-13(14)10-15)20-16-4-2-1-3-5-16/h6-7,10,16,20H,1-5,8-9,11-12,19H2. The normalized spacial score (nSPS) is 27.3. The zero-order valence-electron chi connectivity index (χ0n) is 12.1. The molecule has 3 rings (SSSR count). The molecule has 0 spiro atoms. The summed E-state index contributed by atoms with van der Waals surface area (Å²) in [5, 5.41) is 3.94. The molecule has 1 aromatic carbocycles. The van der Waals surface area contributed by atoms with Crippen LogP contribution in [0.5, 0.6) is 0 Å². The Balaban J connectivity index is 1.75. The largest absolute Gasteiger partial charge is 0.329 e. The molecule has 2 aliphatic rings. The first-order valence-electron chi connectivity index (χ1n) is 7.96. The van der Waals surface area contributed by atoms with Crippen molar-refractivity contribution in [2.45, 2.75) is 62.9 Å². The van der Waals surface area contributed by atoms with E-state index in [1.807, 2.05) is 0 Å². The predicted molar refractivity (Wildman–Crippen MR) is 88.0 cm³/mol. The zero-order valence-corrected chi connectivity index (χ0v) is 13.7. The molecule has 0 bridgehead atoms. The molecule has 0 heterocycles. The fourth-order valence-electron chi connectivity index (χ4n) is 3.86. The summed E-state index contributed by atoms with van der Waals surface area (Å²) < 4.78 is 1.19. The van der Waals surface area contributed by atoms with Crippen molar-refractivity contribution in [3.63, 3.8) is 0 Å². The molecule has 1 atom stereocenters. The van der Waals surface area contributed by atoms with E-state index in [0.29, 0.717) is 6.04 Å². The molecule has 3 N–H and O–H groups in total. The molecule has 3 heteroatoms. The molecule has 2 nitrogen and oxygen atoms in total. The van der Waals surface area contributed by atoms with E-state index in [-0.39, 0.29) is 5.54 Å². The van der Waals surface area contributed by atoms with Crippen molar-refractivity contribution < 1.29 is 0 Å². The number of hydrogen-bond donors (Lipinski definition) is 2. The smallest absolute Gasteiger partial charge is 0.0350 e. The van der Waals surface area contributed by atoms with Crippen molar-refractivity contribution in [2.75, 3.05) is 6.54 Å². The van der Waals surface area contributed by atoms with Gasteiger partial charge in [-0.1, -0.05) is 41.3 Å². The van der Waals surface area contributed by atoms with Gasteiger partial charge in [-0.2, -0.15) is 0 Å². The van der Waals surface area contributed by atoms with E-state index in [1.54, 1.807) is 0 Å². The molecule has 0 aromatic heterocycles. The predicted octanol–water partition coefficient (Wildman–Crippen LogP) is 3.56. The monoisotopic (exact) mass is 336 g/mol. The molecule has 1 saturated carbocycles. The Kier molecular flexibility index (Phi) is 4.49. The van der Waals surface area contributed by atoms with Gasteiger partial charge in [0.15, 0.2) is 0 Å². The quantitative estimate of drug-likeness (QED) is 0.885. The van der Waals surface area contributed by atoms with Crippen molar-refractivity contribution in [2.24, 2.45) is 5.73 Å². The minimum Gasteiger partial charge on any atom is -0.329 e. The SMILES string of the molecule is NCC1(NC2CCCCC2)CCc2cc(Br)ccc2C1. The van der Waals surface area contributed by atoms with Gasteiger partial charge >= 0.3 is 0 Å². The van der Waals surface area contributed by atoms with E-state index in [2.05, 4.69) is 39.4 Å². The number of rotatable bonds is 3. The lowest BCUT2D eigenvalue weighted by Gasteiger charge is -2.42. The van der Waals surface area contributed by atoms with Gasteiger partial charge in [-0.25, -0.2) is 0 Å². The number of hydrogen-bond acceptors (Lipinski definition) is 2. The second kappa shape index (κ2) is 6.17. The Morgan fingerprint density at radius 1 is 1.20 bits per heavy atom. The highest BCUT2D eigenvalue weighted by molar-refractivity contribution is 9.10. The van der Waals surface area contributed by atoms with Crippen molar-refractivity contribution in [1.82, 2.24) is 5.32 Å². The van der Waals surface area contributed by atoms with Gasteiger partial charge in [-0.15, -0.1) is 0 Å². The second-order valence-electron chi connectivity index (χ2n) is 6.55. The first-order valence-corrected chi connectivity index (χ1v) is 8.75. The molecule has 0 saturated heterocycles. The number of nitrogens with one attached hydrogen (secondary N) is 1. The van der Waals surface area contributed by atoms with E-state index in [4.69, 9.17) is 5.73 Å². The van der Waals surface area contributed by atoms with Crippen LogP contribution < -0.4 is 11.1 Å². The summed E-state index contributed by atoms with van der Waals surface area (Å²) >= 11 is 3.58. The number of fused-ring (bicyclic) bond motifs is 1. The second-order valence-corrected chi connectivity index (χ2v) is 7.47. The van der Waals surface area contributed by atoms with Crippen LogP contribution in [0, 0.1) is 0 Å². The summed E-state index contributed by atoms with van der Waals surface area (Å²) in [5.41, 5.74) is 9.27. The van der Waals surface area contributed by atoms with E-state index in [1.165, 1.54) is 54.1 Å². The number of benzene rings is 1. The summed E-state index contributed by atoms with van der Waals surface area (Å²) in [4.78, 5) is 0. The lowest BCUT2D eigenvalue weighted by Crippen LogP contribution is -2.58. The van der Waals surface area contributed by atoms with Gasteiger partial charge in [0.2, 0.25) is 0 Å². The maximum atomic E-state index is 6.17. The highest BCUT2D eigenvalue weighted by atomic mass is 79.9. The fraction of sp³-hybridized carbons (Fsp3) is 0.647.